The van der Waals surface area contributed by atoms with Crippen LogP contribution in [-0.4, -0.2) is 13.2 Å². The number of carbonyl (C=O) groups is 1. The summed E-state index contributed by atoms with van der Waals surface area (Å²) in [7, 11) is 1.36. The Bertz CT molecular complexity index is 772. The van der Waals surface area contributed by atoms with Gasteiger partial charge in [-0.05, 0) is 70.4 Å². The second-order valence-electron chi connectivity index (χ2n) is 6.17. The molecule has 0 heterocycles. The molecular weight excluding hydrogens is 382 g/mol. The lowest BCUT2D eigenvalue weighted by Gasteiger charge is -2.16. The van der Waals surface area contributed by atoms with Crippen LogP contribution in [0.2, 0.25) is 0 Å². The molecular formula is C20H22BrNO3. The van der Waals surface area contributed by atoms with E-state index < -0.39 is 6.09 Å². The Hall–Kier alpha value is -2.01. The van der Waals surface area contributed by atoms with Crippen molar-refractivity contribution in [2.24, 2.45) is 0 Å². The van der Waals surface area contributed by atoms with Gasteiger partial charge in [-0.15, -0.1) is 0 Å². The molecule has 2 aromatic carbocycles. The van der Waals surface area contributed by atoms with Crippen molar-refractivity contribution in [2.45, 2.75) is 38.7 Å². The number of benzene rings is 2. The number of anilines is 1. The van der Waals surface area contributed by atoms with Crippen molar-refractivity contribution in [1.29, 1.82) is 0 Å². The van der Waals surface area contributed by atoms with Crippen LogP contribution in [0.15, 0.2) is 40.9 Å². The predicted molar refractivity (Wildman–Crippen MR) is 102 cm³/mol. The van der Waals surface area contributed by atoms with Crippen LogP contribution in [-0.2, 0) is 17.8 Å². The summed E-state index contributed by atoms with van der Waals surface area (Å²) in [5.41, 5.74) is 4.26. The van der Waals surface area contributed by atoms with Gasteiger partial charge in [-0.25, -0.2) is 4.79 Å². The third-order valence-electron chi connectivity index (χ3n) is 4.43. The van der Waals surface area contributed by atoms with Gasteiger partial charge in [0, 0.05) is 5.56 Å². The maximum Gasteiger partial charge on any atom is 0.411 e. The molecule has 1 fully saturated rings. The van der Waals surface area contributed by atoms with Gasteiger partial charge < -0.3 is 9.47 Å². The molecule has 0 atom stereocenters. The van der Waals surface area contributed by atoms with Crippen molar-refractivity contribution in [3.8, 4) is 5.75 Å². The molecule has 2 aromatic rings. The van der Waals surface area contributed by atoms with Gasteiger partial charge in [-0.3, -0.25) is 5.32 Å². The van der Waals surface area contributed by atoms with Gasteiger partial charge in [0.15, 0.2) is 0 Å². The first-order chi connectivity index (χ1) is 12.1. The Labute approximate surface area is 156 Å². The number of nitrogens with one attached hydrogen (secondary N) is 1. The van der Waals surface area contributed by atoms with E-state index in [4.69, 9.17) is 9.47 Å². The van der Waals surface area contributed by atoms with Gasteiger partial charge in [0.05, 0.1) is 17.3 Å². The van der Waals surface area contributed by atoms with Crippen LogP contribution < -0.4 is 10.1 Å². The van der Waals surface area contributed by atoms with Crippen molar-refractivity contribution >= 4 is 27.7 Å². The lowest BCUT2D eigenvalue weighted by molar-refractivity contribution is 0.187. The summed E-state index contributed by atoms with van der Waals surface area (Å²) in [6.45, 7) is 2.52. The summed E-state index contributed by atoms with van der Waals surface area (Å²) in [6.07, 6.45) is 2.88. The smallest absolute Gasteiger partial charge is 0.411 e. The van der Waals surface area contributed by atoms with E-state index in [-0.39, 0.29) is 0 Å². The zero-order valence-corrected chi connectivity index (χ0v) is 16.1. The summed E-state index contributed by atoms with van der Waals surface area (Å²) in [4.78, 5) is 11.6. The first kappa shape index (κ1) is 17.8. The SMILES string of the molecule is CCc1ccc(OCc2c(NC(=O)OC)cccc2C2CC2)c(Br)c1. The Balaban J connectivity index is 1.84. The topological polar surface area (TPSA) is 47.6 Å². The van der Waals surface area contributed by atoms with Gasteiger partial charge in [0.2, 0.25) is 0 Å². The van der Waals surface area contributed by atoms with Crippen molar-refractivity contribution in [2.75, 3.05) is 12.4 Å². The Morgan fingerprint density at radius 1 is 1.28 bits per heavy atom. The molecule has 25 heavy (non-hydrogen) atoms. The van der Waals surface area contributed by atoms with E-state index >= 15 is 0 Å². The molecule has 1 N–H and O–H groups in total. The highest BCUT2D eigenvalue weighted by Crippen LogP contribution is 2.43. The third-order valence-corrected chi connectivity index (χ3v) is 5.05. The second kappa shape index (κ2) is 7.91. The zero-order valence-electron chi connectivity index (χ0n) is 14.5. The molecule has 5 heteroatoms. The first-order valence-electron chi connectivity index (χ1n) is 8.50. The highest BCUT2D eigenvalue weighted by molar-refractivity contribution is 9.10. The number of aryl methyl sites for hydroxylation is 1. The molecule has 3 rings (SSSR count). The number of halogens is 1. The van der Waals surface area contributed by atoms with E-state index in [2.05, 4.69) is 46.4 Å². The van der Waals surface area contributed by atoms with Crippen LogP contribution in [0, 0.1) is 0 Å². The monoisotopic (exact) mass is 403 g/mol. The van der Waals surface area contributed by atoms with Crippen LogP contribution in [0.5, 0.6) is 5.75 Å². The van der Waals surface area contributed by atoms with E-state index in [1.807, 2.05) is 18.2 Å². The highest BCUT2D eigenvalue weighted by Gasteiger charge is 2.27. The molecule has 0 spiro atoms. The van der Waals surface area contributed by atoms with Crippen molar-refractivity contribution < 1.29 is 14.3 Å². The maximum absolute atomic E-state index is 11.6. The Kier molecular flexibility index (Phi) is 5.63. The Morgan fingerprint density at radius 2 is 2.08 bits per heavy atom. The normalized spacial score (nSPS) is 13.4. The summed E-state index contributed by atoms with van der Waals surface area (Å²) < 4.78 is 11.7. The predicted octanol–water partition coefficient (Wildman–Crippen LogP) is 5.65. The quantitative estimate of drug-likeness (QED) is 0.677. The van der Waals surface area contributed by atoms with E-state index in [0.717, 1.165) is 27.9 Å². The lowest BCUT2D eigenvalue weighted by atomic mass is 10.0. The molecule has 0 aliphatic heterocycles. The van der Waals surface area contributed by atoms with Crippen LogP contribution >= 0.6 is 15.9 Å². The molecule has 4 nitrogen and oxygen atoms in total. The first-order valence-corrected chi connectivity index (χ1v) is 9.29. The van der Waals surface area contributed by atoms with Gasteiger partial charge in [-0.1, -0.05) is 25.1 Å². The molecule has 0 saturated heterocycles. The zero-order chi connectivity index (χ0) is 17.8. The van der Waals surface area contributed by atoms with Gasteiger partial charge in [-0.2, -0.15) is 0 Å². The number of hydrogen-bond donors (Lipinski definition) is 1. The van der Waals surface area contributed by atoms with Crippen LogP contribution in [0.1, 0.15) is 42.4 Å². The van der Waals surface area contributed by atoms with E-state index in [1.165, 1.54) is 31.1 Å². The number of methoxy groups -OCH3 is 1. The molecule has 1 saturated carbocycles. The summed E-state index contributed by atoms with van der Waals surface area (Å²) in [5.74, 6) is 1.36. The molecule has 1 aliphatic carbocycles. The second-order valence-corrected chi connectivity index (χ2v) is 7.03. The minimum absolute atomic E-state index is 0.399. The lowest BCUT2D eigenvalue weighted by Crippen LogP contribution is -2.14. The van der Waals surface area contributed by atoms with E-state index in [1.54, 1.807) is 0 Å². The van der Waals surface area contributed by atoms with Gasteiger partial charge in [0.25, 0.3) is 0 Å². The standard InChI is InChI=1S/C20H22BrNO3/c1-3-13-7-10-19(17(21)11-13)25-12-16-15(14-8-9-14)5-4-6-18(16)22-20(23)24-2/h4-7,10-11,14H,3,8-9,12H2,1-2H3,(H,22,23). The molecule has 132 valence electrons. The fourth-order valence-electron chi connectivity index (χ4n) is 2.85. The van der Waals surface area contributed by atoms with Crippen molar-refractivity contribution in [1.82, 2.24) is 0 Å². The number of rotatable bonds is 6. The van der Waals surface area contributed by atoms with E-state index in [0.29, 0.717) is 12.5 Å². The molecule has 0 unspecified atom stereocenters. The molecule has 1 aliphatic rings. The number of amides is 1. The van der Waals surface area contributed by atoms with Crippen molar-refractivity contribution in [3.63, 3.8) is 0 Å². The fraction of sp³-hybridized carbons (Fsp3) is 0.350. The minimum atomic E-state index is -0.470. The number of hydrogen-bond acceptors (Lipinski definition) is 3. The summed E-state index contributed by atoms with van der Waals surface area (Å²) in [6, 6.07) is 12.1. The minimum Gasteiger partial charge on any atom is -0.488 e. The maximum atomic E-state index is 11.6. The number of carbonyl (C=O) groups excluding carboxylic acids is 1. The molecule has 0 aromatic heterocycles. The molecule has 0 bridgehead atoms. The fourth-order valence-corrected chi connectivity index (χ4v) is 3.39. The Morgan fingerprint density at radius 3 is 2.72 bits per heavy atom. The molecule has 1 amide bonds. The third kappa shape index (κ3) is 4.34. The van der Waals surface area contributed by atoms with Crippen LogP contribution in [0.25, 0.3) is 0 Å². The van der Waals surface area contributed by atoms with E-state index in [9.17, 15) is 4.79 Å². The largest absolute Gasteiger partial charge is 0.488 e. The van der Waals surface area contributed by atoms with Crippen LogP contribution in [0.3, 0.4) is 0 Å². The van der Waals surface area contributed by atoms with Gasteiger partial charge in [0.1, 0.15) is 12.4 Å². The van der Waals surface area contributed by atoms with Gasteiger partial charge >= 0.3 is 6.09 Å². The average Bonchev–Trinajstić information content (AvgIpc) is 3.46. The highest BCUT2D eigenvalue weighted by atomic mass is 79.9. The average molecular weight is 404 g/mol. The molecule has 0 radical (unpaired) electrons. The summed E-state index contributed by atoms with van der Waals surface area (Å²) >= 11 is 3.58. The number of ether oxygens (including phenoxy) is 2. The van der Waals surface area contributed by atoms with Crippen LogP contribution in [0.4, 0.5) is 10.5 Å². The van der Waals surface area contributed by atoms with Crippen molar-refractivity contribution in [3.05, 3.63) is 57.6 Å². The summed E-state index contributed by atoms with van der Waals surface area (Å²) in [5, 5.41) is 2.80.